The Balaban J connectivity index is 2.77. The molecule has 0 fully saturated rings. The topological polar surface area (TPSA) is 52.0 Å². The van der Waals surface area contributed by atoms with Crippen molar-refractivity contribution in [3.8, 4) is 0 Å². The summed E-state index contributed by atoms with van der Waals surface area (Å²) in [6, 6.07) is 5.31. The van der Waals surface area contributed by atoms with Gasteiger partial charge in [-0.2, -0.15) is 0 Å². The van der Waals surface area contributed by atoms with Gasteiger partial charge < -0.3 is 11.5 Å². The lowest BCUT2D eigenvalue weighted by Gasteiger charge is -2.17. The Morgan fingerprint density at radius 2 is 2.00 bits per heavy atom. The average molecular weight is 247 g/mol. The highest BCUT2D eigenvalue weighted by atomic mass is 35.5. The third-order valence-electron chi connectivity index (χ3n) is 2.42. The molecule has 0 aromatic heterocycles. The van der Waals surface area contributed by atoms with Crippen LogP contribution in [0.2, 0.25) is 10.0 Å². The lowest BCUT2D eigenvalue weighted by atomic mass is 9.97. The molecule has 1 aromatic rings. The number of halogens is 2. The summed E-state index contributed by atoms with van der Waals surface area (Å²) in [6.45, 7) is 2.71. The number of rotatable bonds is 4. The minimum absolute atomic E-state index is 0.0756. The third kappa shape index (κ3) is 3.65. The zero-order valence-corrected chi connectivity index (χ0v) is 10.2. The fraction of sp³-hybridized carbons (Fsp3) is 0.455. The van der Waals surface area contributed by atoms with Gasteiger partial charge in [0.1, 0.15) is 0 Å². The Morgan fingerprint density at radius 3 is 2.53 bits per heavy atom. The highest BCUT2D eigenvalue weighted by Gasteiger charge is 2.13. The van der Waals surface area contributed by atoms with Crippen LogP contribution in [0.3, 0.4) is 0 Å². The first-order chi connectivity index (χ1) is 7.04. The second-order valence-corrected chi connectivity index (χ2v) is 4.69. The molecule has 1 aromatic carbocycles. The summed E-state index contributed by atoms with van der Waals surface area (Å²) >= 11 is 11.9. The van der Waals surface area contributed by atoms with E-state index in [9.17, 15) is 0 Å². The fourth-order valence-electron chi connectivity index (χ4n) is 1.46. The van der Waals surface area contributed by atoms with Gasteiger partial charge in [0.05, 0.1) is 0 Å². The number of hydrogen-bond donors (Lipinski definition) is 2. The minimum Gasteiger partial charge on any atom is -0.330 e. The molecule has 0 saturated carbocycles. The van der Waals surface area contributed by atoms with Gasteiger partial charge in [-0.3, -0.25) is 0 Å². The van der Waals surface area contributed by atoms with Gasteiger partial charge in [-0.25, -0.2) is 0 Å². The van der Waals surface area contributed by atoms with Crippen LogP contribution >= 0.6 is 23.2 Å². The molecule has 0 radical (unpaired) electrons. The van der Waals surface area contributed by atoms with Crippen LogP contribution in [0.1, 0.15) is 24.9 Å². The maximum Gasteiger partial charge on any atom is 0.0468 e. The van der Waals surface area contributed by atoms with Gasteiger partial charge in [0.2, 0.25) is 0 Å². The molecule has 0 saturated heterocycles. The van der Waals surface area contributed by atoms with Crippen molar-refractivity contribution >= 4 is 23.2 Å². The molecule has 0 amide bonds. The Hall–Kier alpha value is -0.280. The van der Waals surface area contributed by atoms with Gasteiger partial charge in [-0.05, 0) is 36.6 Å². The molecule has 2 nitrogen and oxygen atoms in total. The number of hydrogen-bond acceptors (Lipinski definition) is 2. The van der Waals surface area contributed by atoms with Crippen molar-refractivity contribution in [3.05, 3.63) is 33.8 Å². The van der Waals surface area contributed by atoms with E-state index in [1.165, 1.54) is 0 Å². The summed E-state index contributed by atoms with van der Waals surface area (Å²) in [7, 11) is 0. The van der Waals surface area contributed by atoms with Gasteiger partial charge in [0.25, 0.3) is 0 Å². The maximum atomic E-state index is 6.06. The Kier molecular flexibility index (Phi) is 4.87. The second kappa shape index (κ2) is 5.71. The molecule has 15 heavy (non-hydrogen) atoms. The van der Waals surface area contributed by atoms with Crippen molar-refractivity contribution in [1.29, 1.82) is 0 Å². The van der Waals surface area contributed by atoms with Crippen LogP contribution in [0.15, 0.2) is 18.2 Å². The van der Waals surface area contributed by atoms with Gasteiger partial charge >= 0.3 is 0 Å². The highest BCUT2D eigenvalue weighted by Crippen LogP contribution is 2.28. The first kappa shape index (κ1) is 12.8. The normalized spacial score (nSPS) is 15.0. The summed E-state index contributed by atoms with van der Waals surface area (Å²) in [6.07, 6.45) is 0.831. The van der Waals surface area contributed by atoms with Gasteiger partial charge in [0, 0.05) is 16.1 Å². The van der Waals surface area contributed by atoms with Crippen LogP contribution in [0.4, 0.5) is 0 Å². The van der Waals surface area contributed by atoms with E-state index in [1.54, 1.807) is 12.1 Å². The molecule has 84 valence electrons. The smallest absolute Gasteiger partial charge is 0.0468 e. The lowest BCUT2D eigenvalue weighted by Crippen LogP contribution is -2.19. The van der Waals surface area contributed by atoms with E-state index in [0.717, 1.165) is 12.0 Å². The van der Waals surface area contributed by atoms with Crippen molar-refractivity contribution in [2.24, 2.45) is 17.4 Å². The van der Waals surface area contributed by atoms with E-state index in [0.29, 0.717) is 22.5 Å². The SMILES string of the molecule is CC(CN)CC(N)c1ccc(Cl)cc1Cl. The Morgan fingerprint density at radius 1 is 1.33 bits per heavy atom. The van der Waals surface area contributed by atoms with Gasteiger partial charge in [0.15, 0.2) is 0 Å². The summed E-state index contributed by atoms with van der Waals surface area (Å²) in [5, 5.41) is 1.25. The van der Waals surface area contributed by atoms with Crippen LogP contribution < -0.4 is 11.5 Å². The monoisotopic (exact) mass is 246 g/mol. The molecule has 0 heterocycles. The first-order valence-electron chi connectivity index (χ1n) is 4.95. The summed E-state index contributed by atoms with van der Waals surface area (Å²) in [4.78, 5) is 0. The molecule has 0 aliphatic carbocycles. The molecule has 0 bridgehead atoms. The van der Waals surface area contributed by atoms with E-state index < -0.39 is 0 Å². The third-order valence-corrected chi connectivity index (χ3v) is 2.98. The van der Waals surface area contributed by atoms with Crippen molar-refractivity contribution in [1.82, 2.24) is 0 Å². The summed E-state index contributed by atoms with van der Waals surface area (Å²) in [5.41, 5.74) is 12.5. The average Bonchev–Trinajstić information content (AvgIpc) is 2.17. The van der Waals surface area contributed by atoms with Crippen LogP contribution in [0.5, 0.6) is 0 Å². The predicted molar refractivity (Wildman–Crippen MR) is 66.2 cm³/mol. The van der Waals surface area contributed by atoms with Crippen LogP contribution in [0.25, 0.3) is 0 Å². The van der Waals surface area contributed by atoms with Crippen LogP contribution in [0, 0.1) is 5.92 Å². The number of benzene rings is 1. The van der Waals surface area contributed by atoms with Gasteiger partial charge in [-0.15, -0.1) is 0 Å². The van der Waals surface area contributed by atoms with Crippen molar-refractivity contribution in [2.45, 2.75) is 19.4 Å². The quantitative estimate of drug-likeness (QED) is 0.859. The molecule has 0 aliphatic heterocycles. The van der Waals surface area contributed by atoms with Crippen LogP contribution in [-0.2, 0) is 0 Å². The minimum atomic E-state index is -0.0756. The molecular formula is C11H16Cl2N2. The van der Waals surface area contributed by atoms with E-state index in [2.05, 4.69) is 6.92 Å². The van der Waals surface area contributed by atoms with Gasteiger partial charge in [-0.1, -0.05) is 36.2 Å². The zero-order chi connectivity index (χ0) is 11.4. The number of nitrogens with two attached hydrogens (primary N) is 2. The first-order valence-corrected chi connectivity index (χ1v) is 5.70. The summed E-state index contributed by atoms with van der Waals surface area (Å²) < 4.78 is 0. The summed E-state index contributed by atoms with van der Waals surface area (Å²) in [5.74, 6) is 0.395. The Bertz CT molecular complexity index is 328. The Labute approximate surface area is 101 Å². The van der Waals surface area contributed by atoms with Crippen LogP contribution in [-0.4, -0.2) is 6.54 Å². The zero-order valence-electron chi connectivity index (χ0n) is 8.71. The lowest BCUT2D eigenvalue weighted by molar-refractivity contribution is 0.482. The largest absolute Gasteiger partial charge is 0.330 e. The second-order valence-electron chi connectivity index (χ2n) is 3.85. The highest BCUT2D eigenvalue weighted by molar-refractivity contribution is 6.35. The van der Waals surface area contributed by atoms with Crippen molar-refractivity contribution in [3.63, 3.8) is 0 Å². The fourth-order valence-corrected chi connectivity index (χ4v) is 2.01. The van der Waals surface area contributed by atoms with E-state index in [-0.39, 0.29) is 6.04 Å². The van der Waals surface area contributed by atoms with Crippen molar-refractivity contribution in [2.75, 3.05) is 6.54 Å². The molecule has 4 heteroatoms. The molecule has 2 atom stereocenters. The maximum absolute atomic E-state index is 6.06. The molecule has 0 spiro atoms. The van der Waals surface area contributed by atoms with Crippen molar-refractivity contribution < 1.29 is 0 Å². The van der Waals surface area contributed by atoms with E-state index >= 15 is 0 Å². The molecule has 0 aliphatic rings. The molecular weight excluding hydrogens is 231 g/mol. The molecule has 4 N–H and O–H groups in total. The van der Waals surface area contributed by atoms with E-state index in [1.807, 2.05) is 6.07 Å². The van der Waals surface area contributed by atoms with E-state index in [4.69, 9.17) is 34.7 Å². The standard InChI is InChI=1S/C11H16Cl2N2/c1-7(6-14)4-11(15)9-3-2-8(12)5-10(9)13/h2-3,5,7,11H,4,6,14-15H2,1H3. The predicted octanol–water partition coefficient (Wildman–Crippen LogP) is 2.98. The molecule has 1 rings (SSSR count). The molecule has 2 unspecified atom stereocenters.